The molecule has 0 saturated heterocycles. The number of aromatic nitrogens is 2. The van der Waals surface area contributed by atoms with E-state index in [1.807, 2.05) is 59.3 Å². The maximum absolute atomic E-state index is 9.24. The van der Waals surface area contributed by atoms with Crippen molar-refractivity contribution in [3.63, 3.8) is 0 Å². The third-order valence-electron chi connectivity index (χ3n) is 4.38. The summed E-state index contributed by atoms with van der Waals surface area (Å²) in [6.07, 6.45) is 0. The van der Waals surface area contributed by atoms with Crippen molar-refractivity contribution in [2.75, 3.05) is 0 Å². The lowest BCUT2D eigenvalue weighted by molar-refractivity contribution is 0.248. The molecule has 1 N–H and O–H groups in total. The minimum Gasteiger partial charge on any atom is -0.457 e. The van der Waals surface area contributed by atoms with Gasteiger partial charge in [0.15, 0.2) is 5.76 Å². The number of para-hydroxylation sites is 1. The number of azide groups is 1. The molecule has 7 heteroatoms. The molecule has 27 heavy (non-hydrogen) atoms. The van der Waals surface area contributed by atoms with Gasteiger partial charge in [-0.25, -0.2) is 0 Å². The van der Waals surface area contributed by atoms with Crippen LogP contribution in [0, 0.1) is 0 Å². The lowest BCUT2D eigenvalue weighted by atomic mass is 10.1. The number of aliphatic hydroxyl groups is 1. The van der Waals surface area contributed by atoms with Crippen LogP contribution >= 0.6 is 0 Å². The van der Waals surface area contributed by atoms with Gasteiger partial charge in [0.25, 0.3) is 0 Å². The van der Waals surface area contributed by atoms with Crippen molar-refractivity contribution in [2.24, 2.45) is 5.11 Å². The average Bonchev–Trinajstić information content (AvgIpc) is 3.32. The smallest absolute Gasteiger partial charge is 0.155 e. The zero-order valence-electron chi connectivity index (χ0n) is 14.5. The third-order valence-corrected chi connectivity index (χ3v) is 4.38. The van der Waals surface area contributed by atoms with E-state index in [9.17, 15) is 5.11 Å². The predicted octanol–water partition coefficient (Wildman–Crippen LogP) is 4.65. The van der Waals surface area contributed by atoms with Crippen molar-refractivity contribution in [1.82, 2.24) is 9.78 Å². The summed E-state index contributed by atoms with van der Waals surface area (Å²) in [7, 11) is 0. The number of hydrogen-bond acceptors (Lipinski definition) is 4. The first-order valence-electron chi connectivity index (χ1n) is 8.52. The van der Waals surface area contributed by atoms with Gasteiger partial charge in [-0.2, -0.15) is 5.10 Å². The van der Waals surface area contributed by atoms with Crippen LogP contribution in [0.1, 0.15) is 16.9 Å². The second-order valence-corrected chi connectivity index (χ2v) is 6.15. The van der Waals surface area contributed by atoms with E-state index in [0.29, 0.717) is 24.6 Å². The zero-order chi connectivity index (χ0) is 18.6. The van der Waals surface area contributed by atoms with Crippen LogP contribution in [0.4, 0.5) is 0 Å². The van der Waals surface area contributed by atoms with Gasteiger partial charge in [-0.05, 0) is 34.9 Å². The highest BCUT2D eigenvalue weighted by Crippen LogP contribution is 2.29. The molecule has 0 aliphatic carbocycles. The van der Waals surface area contributed by atoms with Crippen molar-refractivity contribution in [1.29, 1.82) is 0 Å². The molecular weight excluding hydrogens is 342 g/mol. The molecule has 0 aliphatic rings. The molecule has 0 atom stereocenters. The molecule has 0 amide bonds. The first-order chi connectivity index (χ1) is 13.3. The molecule has 0 radical (unpaired) electrons. The van der Waals surface area contributed by atoms with E-state index >= 15 is 0 Å². The fraction of sp³-hybridized carbons (Fsp3) is 0.150. The zero-order valence-corrected chi connectivity index (χ0v) is 14.5. The highest BCUT2D eigenvalue weighted by Gasteiger charge is 2.15. The molecule has 0 fully saturated rings. The highest BCUT2D eigenvalue weighted by atomic mass is 16.4. The van der Waals surface area contributed by atoms with E-state index in [-0.39, 0.29) is 6.61 Å². The molecule has 7 nitrogen and oxygen atoms in total. The van der Waals surface area contributed by atoms with E-state index in [2.05, 4.69) is 10.0 Å². The highest BCUT2D eigenvalue weighted by molar-refractivity contribution is 5.92. The van der Waals surface area contributed by atoms with E-state index in [4.69, 9.17) is 15.0 Å². The summed E-state index contributed by atoms with van der Waals surface area (Å²) in [5.74, 6) is 1.15. The van der Waals surface area contributed by atoms with Gasteiger partial charge in [0.2, 0.25) is 0 Å². The Hall–Kier alpha value is -3.54. The van der Waals surface area contributed by atoms with Crippen LogP contribution < -0.4 is 0 Å². The Bertz CT molecular complexity index is 1120. The number of nitrogens with zero attached hydrogens (tertiary/aromatic N) is 5. The van der Waals surface area contributed by atoms with Gasteiger partial charge in [-0.3, -0.25) is 4.68 Å². The molecule has 0 saturated carbocycles. The van der Waals surface area contributed by atoms with Crippen molar-refractivity contribution in [2.45, 2.75) is 19.7 Å². The van der Waals surface area contributed by atoms with Crippen LogP contribution in [-0.4, -0.2) is 14.9 Å². The molecule has 2 aromatic carbocycles. The Morgan fingerprint density at radius 3 is 2.56 bits per heavy atom. The molecule has 134 valence electrons. The Balaban J connectivity index is 1.68. The molecule has 0 unspecified atom stereocenters. The molecular formula is C20H17N5O2. The van der Waals surface area contributed by atoms with E-state index < -0.39 is 0 Å². The molecule has 2 heterocycles. The number of benzene rings is 2. The Kier molecular flexibility index (Phi) is 4.61. The predicted molar refractivity (Wildman–Crippen MR) is 102 cm³/mol. The van der Waals surface area contributed by atoms with Gasteiger partial charge in [0.1, 0.15) is 18.1 Å². The Morgan fingerprint density at radius 2 is 1.81 bits per heavy atom. The standard InChI is InChI=1S/C20H17N5O2/c21-24-22-11-14-5-7-15(8-6-14)12-25-18-4-2-1-3-17(18)20(23-25)19-10-9-16(13-26)27-19/h1-10,26H,11-13H2. The SMILES string of the molecule is [N-]=[N+]=NCc1ccc(Cn2nc(-c3ccc(CO)o3)c3ccccc32)cc1. The number of furan rings is 1. The van der Waals surface area contributed by atoms with E-state index in [1.54, 1.807) is 6.07 Å². The van der Waals surface area contributed by atoms with Gasteiger partial charge < -0.3 is 9.52 Å². The van der Waals surface area contributed by atoms with Gasteiger partial charge in [-0.1, -0.05) is 47.6 Å². The molecule has 4 aromatic rings. The molecule has 4 rings (SSSR count). The van der Waals surface area contributed by atoms with Crippen LogP contribution in [0.2, 0.25) is 0 Å². The van der Waals surface area contributed by atoms with Crippen LogP contribution in [0.15, 0.2) is 70.2 Å². The third kappa shape index (κ3) is 3.42. The fourth-order valence-electron chi connectivity index (χ4n) is 3.06. The summed E-state index contributed by atoms with van der Waals surface area (Å²) in [6, 6.07) is 19.5. The van der Waals surface area contributed by atoms with Gasteiger partial charge in [0.05, 0.1) is 18.6 Å². The van der Waals surface area contributed by atoms with Gasteiger partial charge >= 0.3 is 0 Å². The van der Waals surface area contributed by atoms with Gasteiger partial charge in [0, 0.05) is 10.3 Å². The quantitative estimate of drug-likeness (QED) is 0.308. The largest absolute Gasteiger partial charge is 0.457 e. The Morgan fingerprint density at radius 1 is 1.04 bits per heavy atom. The number of hydrogen-bond donors (Lipinski definition) is 1. The second-order valence-electron chi connectivity index (χ2n) is 6.15. The molecule has 0 aliphatic heterocycles. The maximum atomic E-state index is 9.24. The summed E-state index contributed by atoms with van der Waals surface area (Å²) in [4.78, 5) is 2.78. The minimum absolute atomic E-state index is 0.138. The summed E-state index contributed by atoms with van der Waals surface area (Å²) in [5.41, 5.74) is 12.2. The van der Waals surface area contributed by atoms with Crippen molar-refractivity contribution in [3.8, 4) is 11.5 Å². The molecule has 0 bridgehead atoms. The number of aliphatic hydroxyl groups excluding tert-OH is 1. The summed E-state index contributed by atoms with van der Waals surface area (Å²) in [5, 5.41) is 18.6. The lowest BCUT2D eigenvalue weighted by Gasteiger charge is -2.05. The maximum Gasteiger partial charge on any atom is 0.155 e. The van der Waals surface area contributed by atoms with E-state index in [0.717, 1.165) is 27.7 Å². The molecule has 2 aromatic heterocycles. The van der Waals surface area contributed by atoms with Crippen molar-refractivity contribution in [3.05, 3.63) is 88.0 Å². The minimum atomic E-state index is -0.138. The number of fused-ring (bicyclic) bond motifs is 1. The monoisotopic (exact) mass is 359 g/mol. The van der Waals surface area contributed by atoms with Crippen LogP contribution in [0.5, 0.6) is 0 Å². The first-order valence-corrected chi connectivity index (χ1v) is 8.52. The second kappa shape index (κ2) is 7.37. The summed E-state index contributed by atoms with van der Waals surface area (Å²) >= 11 is 0. The molecule has 0 spiro atoms. The normalized spacial score (nSPS) is 10.9. The lowest BCUT2D eigenvalue weighted by Crippen LogP contribution is -2.01. The number of rotatable bonds is 6. The van der Waals surface area contributed by atoms with Crippen molar-refractivity contribution < 1.29 is 9.52 Å². The van der Waals surface area contributed by atoms with Crippen LogP contribution in [0.25, 0.3) is 32.8 Å². The van der Waals surface area contributed by atoms with Gasteiger partial charge in [-0.15, -0.1) is 0 Å². The average molecular weight is 359 g/mol. The van der Waals surface area contributed by atoms with Crippen molar-refractivity contribution >= 4 is 10.9 Å². The van der Waals surface area contributed by atoms with Crippen LogP contribution in [-0.2, 0) is 19.7 Å². The van der Waals surface area contributed by atoms with Crippen LogP contribution in [0.3, 0.4) is 0 Å². The summed E-state index contributed by atoms with van der Waals surface area (Å²) in [6.45, 7) is 0.814. The first kappa shape index (κ1) is 16.9. The summed E-state index contributed by atoms with van der Waals surface area (Å²) < 4.78 is 7.62. The Labute approximate surface area is 155 Å². The fourth-order valence-corrected chi connectivity index (χ4v) is 3.06. The van der Waals surface area contributed by atoms with E-state index in [1.165, 1.54) is 0 Å². The topological polar surface area (TPSA) is 100.0 Å².